The van der Waals surface area contributed by atoms with Gasteiger partial charge < -0.3 is 9.66 Å². The number of hydrogen-bond donors (Lipinski definition) is 2. The smallest absolute Gasteiger partial charge is 0.186 e. The van der Waals surface area contributed by atoms with Crippen molar-refractivity contribution in [3.05, 3.63) is 23.3 Å². The lowest BCUT2D eigenvalue weighted by molar-refractivity contribution is 0.453. The van der Waals surface area contributed by atoms with Crippen molar-refractivity contribution in [2.24, 2.45) is 0 Å². The summed E-state index contributed by atoms with van der Waals surface area (Å²) in [5, 5.41) is 10.1. The Balaban J connectivity index is 3.45. The summed E-state index contributed by atoms with van der Waals surface area (Å²) in [6.07, 6.45) is 0. The molecule has 2 N–H and O–H groups in total. The van der Waals surface area contributed by atoms with E-state index in [2.05, 4.69) is 0 Å². The van der Waals surface area contributed by atoms with E-state index in [-0.39, 0.29) is 17.6 Å². The molecule has 90 valence electrons. The van der Waals surface area contributed by atoms with Crippen LogP contribution in [-0.2, 0) is 11.1 Å². The highest BCUT2D eigenvalue weighted by Gasteiger charge is 2.16. The number of aromatic hydroxyl groups is 1. The van der Waals surface area contributed by atoms with Crippen LogP contribution in [0.2, 0.25) is 0 Å². The average Bonchev–Trinajstić information content (AvgIpc) is 2.16. The van der Waals surface area contributed by atoms with Crippen molar-refractivity contribution in [2.75, 3.05) is 0 Å². The Labute approximate surface area is 98.8 Å². The van der Waals surface area contributed by atoms with Gasteiger partial charge in [0.05, 0.1) is 4.90 Å². The van der Waals surface area contributed by atoms with Gasteiger partial charge in [-0.1, -0.05) is 27.7 Å². The molecule has 1 unspecified atom stereocenters. The van der Waals surface area contributed by atoms with E-state index in [0.29, 0.717) is 4.90 Å². The zero-order chi connectivity index (χ0) is 12.5. The van der Waals surface area contributed by atoms with E-state index in [1.54, 1.807) is 12.1 Å². The average molecular weight is 242 g/mol. The lowest BCUT2D eigenvalue weighted by atomic mass is 9.94. The van der Waals surface area contributed by atoms with Crippen molar-refractivity contribution in [3.63, 3.8) is 0 Å². The molecule has 0 aliphatic carbocycles. The molecule has 1 aromatic rings. The minimum absolute atomic E-state index is 0.126. The van der Waals surface area contributed by atoms with Crippen LogP contribution in [0.15, 0.2) is 17.0 Å². The zero-order valence-corrected chi connectivity index (χ0v) is 10.8. The van der Waals surface area contributed by atoms with Crippen molar-refractivity contribution in [1.82, 2.24) is 0 Å². The Hall–Kier alpha value is -0.870. The van der Waals surface area contributed by atoms with Gasteiger partial charge in [-0.15, -0.1) is 0 Å². The first kappa shape index (κ1) is 13.2. The monoisotopic (exact) mass is 242 g/mol. The molecule has 0 heterocycles. The molecule has 0 aromatic heterocycles. The molecule has 0 aliphatic rings. The molecule has 0 aliphatic heterocycles. The highest BCUT2D eigenvalue weighted by molar-refractivity contribution is 7.79. The van der Waals surface area contributed by atoms with Crippen LogP contribution >= 0.6 is 0 Å². The summed E-state index contributed by atoms with van der Waals surface area (Å²) in [4.78, 5) is 0.352. The molecule has 3 nitrogen and oxygen atoms in total. The first-order chi connectivity index (χ1) is 7.34. The van der Waals surface area contributed by atoms with Gasteiger partial charge in [-0.25, -0.2) is 4.21 Å². The number of phenols is 1. The summed E-state index contributed by atoms with van der Waals surface area (Å²) in [7, 11) is 0. The summed E-state index contributed by atoms with van der Waals surface area (Å²) in [5.74, 6) is 0.501. The maximum absolute atomic E-state index is 11.1. The van der Waals surface area contributed by atoms with E-state index >= 15 is 0 Å². The third kappa shape index (κ3) is 2.62. The number of rotatable bonds is 3. The molecule has 1 aromatic carbocycles. The van der Waals surface area contributed by atoms with Crippen LogP contribution in [0.25, 0.3) is 0 Å². The van der Waals surface area contributed by atoms with Crippen molar-refractivity contribution in [1.29, 1.82) is 0 Å². The van der Waals surface area contributed by atoms with Crippen LogP contribution < -0.4 is 0 Å². The fourth-order valence-corrected chi connectivity index (χ4v) is 2.09. The van der Waals surface area contributed by atoms with Gasteiger partial charge in [0.1, 0.15) is 5.75 Å². The lowest BCUT2D eigenvalue weighted by Gasteiger charge is -2.16. The molecule has 0 spiro atoms. The van der Waals surface area contributed by atoms with Gasteiger partial charge in [0, 0.05) is 0 Å². The number of benzene rings is 1. The van der Waals surface area contributed by atoms with E-state index in [1.165, 1.54) is 0 Å². The van der Waals surface area contributed by atoms with E-state index in [4.69, 9.17) is 4.55 Å². The molecule has 4 heteroatoms. The summed E-state index contributed by atoms with van der Waals surface area (Å²) < 4.78 is 20.2. The second-order valence-corrected chi connectivity index (χ2v) is 5.48. The van der Waals surface area contributed by atoms with Gasteiger partial charge in [-0.3, -0.25) is 0 Å². The maximum Gasteiger partial charge on any atom is 0.186 e. The van der Waals surface area contributed by atoms with Crippen molar-refractivity contribution in [2.45, 2.75) is 44.4 Å². The third-order valence-electron chi connectivity index (χ3n) is 2.59. The standard InChI is InChI=1S/C12H18O3S/c1-7(2)10-5-9(16(14)15)6-11(8(3)4)12(10)13/h5-8,13H,1-4H3,(H,14,15). The molecule has 1 atom stereocenters. The summed E-state index contributed by atoms with van der Waals surface area (Å²) in [5.41, 5.74) is 1.45. The Bertz CT molecular complexity index is 382. The summed E-state index contributed by atoms with van der Waals surface area (Å²) in [6, 6.07) is 3.20. The summed E-state index contributed by atoms with van der Waals surface area (Å²) >= 11 is -2.00. The van der Waals surface area contributed by atoms with Crippen LogP contribution in [0.3, 0.4) is 0 Å². The SMILES string of the molecule is CC(C)c1cc(S(=O)O)cc(C(C)C)c1O. The van der Waals surface area contributed by atoms with Crippen LogP contribution in [0, 0.1) is 0 Å². The third-order valence-corrected chi connectivity index (χ3v) is 3.23. The van der Waals surface area contributed by atoms with Gasteiger partial charge >= 0.3 is 0 Å². The normalized spacial score (nSPS) is 13.4. The van der Waals surface area contributed by atoms with Gasteiger partial charge in [-0.2, -0.15) is 0 Å². The van der Waals surface area contributed by atoms with E-state index in [9.17, 15) is 9.32 Å². The Kier molecular flexibility index (Phi) is 4.10. The highest BCUT2D eigenvalue weighted by Crippen LogP contribution is 2.35. The maximum atomic E-state index is 11.1. The molecule has 0 fully saturated rings. The second-order valence-electron chi connectivity index (χ2n) is 4.51. The van der Waals surface area contributed by atoms with Gasteiger partial charge in [0.2, 0.25) is 0 Å². The molecule has 0 saturated heterocycles. The van der Waals surface area contributed by atoms with Crippen LogP contribution in [0.5, 0.6) is 5.75 Å². The highest BCUT2D eigenvalue weighted by atomic mass is 32.2. The van der Waals surface area contributed by atoms with Gasteiger partial charge in [0.25, 0.3) is 0 Å². The second kappa shape index (κ2) is 4.97. The van der Waals surface area contributed by atoms with E-state index < -0.39 is 11.1 Å². The predicted molar refractivity (Wildman–Crippen MR) is 65.3 cm³/mol. The molecule has 0 amide bonds. The quantitative estimate of drug-likeness (QED) is 0.800. The van der Waals surface area contributed by atoms with E-state index in [0.717, 1.165) is 11.1 Å². The molecule has 16 heavy (non-hydrogen) atoms. The molecular weight excluding hydrogens is 224 g/mol. The van der Waals surface area contributed by atoms with Crippen LogP contribution in [-0.4, -0.2) is 13.9 Å². The molecule has 1 rings (SSSR count). The van der Waals surface area contributed by atoms with Crippen LogP contribution in [0.4, 0.5) is 0 Å². The Morgan fingerprint density at radius 3 is 1.69 bits per heavy atom. The number of phenolic OH excluding ortho intramolecular Hbond substituents is 1. The molecular formula is C12H18O3S. The number of hydrogen-bond acceptors (Lipinski definition) is 2. The Morgan fingerprint density at radius 2 is 1.44 bits per heavy atom. The lowest BCUT2D eigenvalue weighted by Crippen LogP contribution is -1.99. The van der Waals surface area contributed by atoms with Crippen LogP contribution in [0.1, 0.15) is 50.7 Å². The van der Waals surface area contributed by atoms with Gasteiger partial charge in [-0.05, 0) is 35.1 Å². The summed E-state index contributed by atoms with van der Waals surface area (Å²) in [6.45, 7) is 7.79. The Morgan fingerprint density at radius 1 is 1.06 bits per heavy atom. The first-order valence-corrected chi connectivity index (χ1v) is 6.43. The largest absolute Gasteiger partial charge is 0.507 e. The topological polar surface area (TPSA) is 57.5 Å². The fourth-order valence-electron chi connectivity index (χ4n) is 1.63. The molecule has 0 bridgehead atoms. The predicted octanol–water partition coefficient (Wildman–Crippen LogP) is 3.22. The van der Waals surface area contributed by atoms with Crippen molar-refractivity contribution >= 4 is 11.1 Å². The zero-order valence-electron chi connectivity index (χ0n) is 10.0. The van der Waals surface area contributed by atoms with Crippen molar-refractivity contribution < 1.29 is 13.9 Å². The molecule has 0 saturated carbocycles. The minimum atomic E-state index is -2.00. The fraction of sp³-hybridized carbons (Fsp3) is 0.500. The molecule has 0 radical (unpaired) electrons. The first-order valence-electron chi connectivity index (χ1n) is 5.32. The van der Waals surface area contributed by atoms with Crippen molar-refractivity contribution in [3.8, 4) is 5.75 Å². The van der Waals surface area contributed by atoms with Gasteiger partial charge in [0.15, 0.2) is 11.1 Å². The van der Waals surface area contributed by atoms with E-state index in [1.807, 2.05) is 27.7 Å². The minimum Gasteiger partial charge on any atom is -0.507 e.